The summed E-state index contributed by atoms with van der Waals surface area (Å²) in [5, 5.41) is 6.36. The average Bonchev–Trinajstić information content (AvgIpc) is 2.85. The van der Waals surface area contributed by atoms with Crippen LogP contribution in [-0.2, 0) is 12.8 Å². The van der Waals surface area contributed by atoms with Crippen molar-refractivity contribution < 1.29 is 8.78 Å². The van der Waals surface area contributed by atoms with Crippen LogP contribution in [0.2, 0.25) is 0 Å². The fraction of sp³-hybridized carbons (Fsp3) is 0.438. The highest BCUT2D eigenvalue weighted by atomic mass is 32.1. The minimum atomic E-state index is -0.478. The quantitative estimate of drug-likeness (QED) is 0.839. The number of benzene rings is 1. The maximum absolute atomic E-state index is 13.8. The van der Waals surface area contributed by atoms with E-state index in [9.17, 15) is 8.78 Å². The first-order chi connectivity index (χ1) is 10.1. The van der Waals surface area contributed by atoms with Crippen molar-refractivity contribution in [2.45, 2.75) is 39.2 Å². The predicted molar refractivity (Wildman–Crippen MR) is 82.7 cm³/mol. The van der Waals surface area contributed by atoms with E-state index in [1.807, 2.05) is 12.3 Å². The van der Waals surface area contributed by atoms with Crippen molar-refractivity contribution in [3.05, 3.63) is 51.5 Å². The van der Waals surface area contributed by atoms with Gasteiger partial charge in [-0.3, -0.25) is 0 Å². The van der Waals surface area contributed by atoms with Crippen LogP contribution in [0.25, 0.3) is 0 Å². The molecule has 2 rings (SSSR count). The molecule has 114 valence electrons. The van der Waals surface area contributed by atoms with Crippen LogP contribution in [0, 0.1) is 18.6 Å². The molecule has 1 aromatic carbocycles. The number of aryl methyl sites for hydroxylation is 1. The Morgan fingerprint density at radius 1 is 1.24 bits per heavy atom. The SMILES string of the molecule is CCCNC(Cc1nc(C)cs1)Cc1c(F)cccc1F. The molecule has 1 atom stereocenters. The van der Waals surface area contributed by atoms with E-state index in [0.717, 1.165) is 23.7 Å². The Morgan fingerprint density at radius 3 is 2.52 bits per heavy atom. The number of hydrogen-bond donors (Lipinski definition) is 1. The van der Waals surface area contributed by atoms with Crippen LogP contribution in [0.15, 0.2) is 23.6 Å². The molecule has 0 aliphatic rings. The molecule has 0 saturated heterocycles. The number of rotatable bonds is 7. The lowest BCUT2D eigenvalue weighted by atomic mass is 10.0. The Labute approximate surface area is 128 Å². The molecular formula is C16H20F2N2S. The van der Waals surface area contributed by atoms with Gasteiger partial charge in [0.1, 0.15) is 11.6 Å². The van der Waals surface area contributed by atoms with E-state index < -0.39 is 11.6 Å². The summed E-state index contributed by atoms with van der Waals surface area (Å²) in [5.41, 5.74) is 1.14. The number of aromatic nitrogens is 1. The molecule has 2 nitrogen and oxygen atoms in total. The van der Waals surface area contributed by atoms with Gasteiger partial charge in [-0.15, -0.1) is 11.3 Å². The van der Waals surface area contributed by atoms with E-state index in [2.05, 4.69) is 17.2 Å². The van der Waals surface area contributed by atoms with E-state index in [0.29, 0.717) is 12.8 Å². The molecule has 0 spiro atoms. The minimum Gasteiger partial charge on any atom is -0.313 e. The molecule has 1 N–H and O–H groups in total. The molecule has 0 amide bonds. The lowest BCUT2D eigenvalue weighted by Crippen LogP contribution is -2.34. The monoisotopic (exact) mass is 310 g/mol. The Hall–Kier alpha value is -1.33. The van der Waals surface area contributed by atoms with Gasteiger partial charge in [0.2, 0.25) is 0 Å². The number of thiazole rings is 1. The predicted octanol–water partition coefficient (Wildman–Crippen LogP) is 3.88. The molecule has 1 aromatic heterocycles. The molecule has 2 aromatic rings. The molecule has 1 unspecified atom stereocenters. The highest BCUT2D eigenvalue weighted by Crippen LogP contribution is 2.18. The maximum atomic E-state index is 13.8. The second kappa shape index (κ2) is 7.61. The van der Waals surface area contributed by atoms with Crippen LogP contribution >= 0.6 is 11.3 Å². The number of hydrogen-bond acceptors (Lipinski definition) is 3. The highest BCUT2D eigenvalue weighted by molar-refractivity contribution is 7.09. The van der Waals surface area contributed by atoms with Crippen LogP contribution in [0.4, 0.5) is 8.78 Å². The van der Waals surface area contributed by atoms with Crippen LogP contribution in [0.5, 0.6) is 0 Å². The fourth-order valence-electron chi connectivity index (χ4n) is 2.25. The van der Waals surface area contributed by atoms with Gasteiger partial charge >= 0.3 is 0 Å². The molecule has 0 fully saturated rings. The van der Waals surface area contributed by atoms with Crippen molar-refractivity contribution in [3.8, 4) is 0 Å². The van der Waals surface area contributed by atoms with Crippen LogP contribution in [0.1, 0.15) is 29.6 Å². The molecule has 0 aliphatic heterocycles. The van der Waals surface area contributed by atoms with Gasteiger partial charge in [0.25, 0.3) is 0 Å². The molecule has 0 aliphatic carbocycles. The third-order valence-electron chi connectivity index (χ3n) is 3.28. The van der Waals surface area contributed by atoms with Gasteiger partial charge in [0.05, 0.1) is 5.01 Å². The third-order valence-corrected chi connectivity index (χ3v) is 4.27. The molecular weight excluding hydrogens is 290 g/mol. The summed E-state index contributed by atoms with van der Waals surface area (Å²) in [7, 11) is 0. The van der Waals surface area contributed by atoms with Gasteiger partial charge in [-0.1, -0.05) is 13.0 Å². The van der Waals surface area contributed by atoms with E-state index in [4.69, 9.17) is 0 Å². The van der Waals surface area contributed by atoms with Gasteiger partial charge < -0.3 is 5.32 Å². The topological polar surface area (TPSA) is 24.9 Å². The first-order valence-electron chi connectivity index (χ1n) is 7.17. The Morgan fingerprint density at radius 2 is 1.95 bits per heavy atom. The van der Waals surface area contributed by atoms with Crippen molar-refractivity contribution in [1.29, 1.82) is 0 Å². The lowest BCUT2D eigenvalue weighted by Gasteiger charge is -2.18. The summed E-state index contributed by atoms with van der Waals surface area (Å²) < 4.78 is 27.6. The maximum Gasteiger partial charge on any atom is 0.129 e. The van der Waals surface area contributed by atoms with Crippen molar-refractivity contribution in [2.24, 2.45) is 0 Å². The first-order valence-corrected chi connectivity index (χ1v) is 8.05. The summed E-state index contributed by atoms with van der Waals surface area (Å²) in [6.45, 7) is 4.84. The van der Waals surface area contributed by atoms with Crippen molar-refractivity contribution in [2.75, 3.05) is 6.54 Å². The van der Waals surface area contributed by atoms with E-state index >= 15 is 0 Å². The second-order valence-corrected chi connectivity index (χ2v) is 6.08. The summed E-state index contributed by atoms with van der Waals surface area (Å²) in [5.74, 6) is -0.956. The summed E-state index contributed by atoms with van der Waals surface area (Å²) >= 11 is 1.59. The van der Waals surface area contributed by atoms with E-state index in [1.165, 1.54) is 18.2 Å². The van der Waals surface area contributed by atoms with Gasteiger partial charge in [-0.2, -0.15) is 0 Å². The van der Waals surface area contributed by atoms with Crippen LogP contribution in [0.3, 0.4) is 0 Å². The first kappa shape index (κ1) is 16.0. The molecule has 5 heteroatoms. The average molecular weight is 310 g/mol. The molecule has 0 radical (unpaired) electrons. The van der Waals surface area contributed by atoms with Gasteiger partial charge in [0.15, 0.2) is 0 Å². The Balaban J connectivity index is 2.12. The zero-order chi connectivity index (χ0) is 15.2. The molecule has 21 heavy (non-hydrogen) atoms. The largest absolute Gasteiger partial charge is 0.313 e. The summed E-state index contributed by atoms with van der Waals surface area (Å²) in [6, 6.07) is 4.00. The van der Waals surface area contributed by atoms with Crippen molar-refractivity contribution in [1.82, 2.24) is 10.3 Å². The lowest BCUT2D eigenvalue weighted by molar-refractivity contribution is 0.474. The van der Waals surface area contributed by atoms with E-state index in [1.54, 1.807) is 11.3 Å². The summed E-state index contributed by atoms with van der Waals surface area (Å²) in [6.07, 6.45) is 2.00. The third kappa shape index (κ3) is 4.58. The fourth-order valence-corrected chi connectivity index (χ4v) is 3.10. The minimum absolute atomic E-state index is 0.0121. The van der Waals surface area contributed by atoms with Gasteiger partial charge in [-0.25, -0.2) is 13.8 Å². The Bertz CT molecular complexity index is 563. The Kier molecular flexibility index (Phi) is 5.82. The zero-order valence-corrected chi connectivity index (χ0v) is 13.1. The zero-order valence-electron chi connectivity index (χ0n) is 12.3. The van der Waals surface area contributed by atoms with Crippen molar-refractivity contribution in [3.63, 3.8) is 0 Å². The number of nitrogens with zero attached hydrogens (tertiary/aromatic N) is 1. The van der Waals surface area contributed by atoms with Gasteiger partial charge in [-0.05, 0) is 38.4 Å². The van der Waals surface area contributed by atoms with E-state index in [-0.39, 0.29) is 11.6 Å². The standard InChI is InChI=1S/C16H20F2N2S/c1-3-7-19-12(9-16-20-11(2)10-21-16)8-13-14(17)5-4-6-15(13)18/h4-6,10,12,19H,3,7-9H2,1-2H3. The normalized spacial score (nSPS) is 12.6. The molecule has 1 heterocycles. The number of halogens is 2. The second-order valence-electron chi connectivity index (χ2n) is 5.14. The molecule has 0 saturated carbocycles. The molecule has 0 bridgehead atoms. The smallest absolute Gasteiger partial charge is 0.129 e. The van der Waals surface area contributed by atoms with Crippen molar-refractivity contribution >= 4 is 11.3 Å². The summed E-state index contributed by atoms with van der Waals surface area (Å²) in [4.78, 5) is 4.44. The van der Waals surface area contributed by atoms with Crippen LogP contribution < -0.4 is 5.32 Å². The van der Waals surface area contributed by atoms with Gasteiger partial charge in [0, 0.05) is 29.1 Å². The van der Waals surface area contributed by atoms with Crippen LogP contribution in [-0.4, -0.2) is 17.6 Å². The number of nitrogens with one attached hydrogen (secondary N) is 1. The highest BCUT2D eigenvalue weighted by Gasteiger charge is 2.17.